The minimum absolute atomic E-state index is 0.0175. The summed E-state index contributed by atoms with van der Waals surface area (Å²) in [5.41, 5.74) is 3.33. The summed E-state index contributed by atoms with van der Waals surface area (Å²) in [6.45, 7) is 9.94. The van der Waals surface area contributed by atoms with Crippen LogP contribution in [-0.2, 0) is 10.2 Å². The number of nitrogens with one attached hydrogen (secondary N) is 1. The molecule has 1 N–H and O–H groups in total. The highest BCUT2D eigenvalue weighted by molar-refractivity contribution is 5.93. The minimum Gasteiger partial charge on any atom is -0.493 e. The van der Waals surface area contributed by atoms with Gasteiger partial charge in [-0.3, -0.25) is 14.9 Å². The third-order valence-electron chi connectivity index (χ3n) is 6.64. The molecule has 0 unspecified atom stereocenters. The summed E-state index contributed by atoms with van der Waals surface area (Å²) in [5.74, 6) is -0.123. The molecule has 0 aliphatic heterocycles. The van der Waals surface area contributed by atoms with Gasteiger partial charge in [0.25, 0.3) is 5.91 Å². The van der Waals surface area contributed by atoms with Gasteiger partial charge in [0.1, 0.15) is 5.75 Å². The van der Waals surface area contributed by atoms with E-state index in [1.165, 1.54) is 51.8 Å². The van der Waals surface area contributed by atoms with Crippen LogP contribution in [-0.4, -0.2) is 51.0 Å². The highest BCUT2D eigenvalue weighted by Gasteiger charge is 2.30. The highest BCUT2D eigenvalue weighted by Crippen LogP contribution is 2.40. The molecule has 0 aliphatic rings. The normalized spacial score (nSPS) is 11.6. The van der Waals surface area contributed by atoms with Crippen molar-refractivity contribution >= 4 is 23.8 Å². The van der Waals surface area contributed by atoms with E-state index in [-0.39, 0.29) is 33.6 Å². The van der Waals surface area contributed by atoms with Crippen molar-refractivity contribution in [2.75, 3.05) is 27.9 Å². The van der Waals surface area contributed by atoms with Gasteiger partial charge in [-0.25, -0.2) is 10.2 Å². The topological polar surface area (TPSA) is 148 Å². The van der Waals surface area contributed by atoms with Crippen molar-refractivity contribution in [1.82, 2.24) is 5.43 Å². The Labute approximate surface area is 262 Å². The molecule has 3 aromatic carbocycles. The molecular formula is C33H39N3O9. The van der Waals surface area contributed by atoms with Crippen LogP contribution in [0.2, 0.25) is 0 Å². The first-order valence-corrected chi connectivity index (χ1v) is 14.0. The largest absolute Gasteiger partial charge is 0.493 e. The average Bonchev–Trinajstić information content (AvgIpc) is 2.98. The molecule has 240 valence electrons. The fourth-order valence-corrected chi connectivity index (χ4v) is 5.01. The van der Waals surface area contributed by atoms with Gasteiger partial charge in [0, 0.05) is 6.07 Å². The maximum atomic E-state index is 12.8. The number of carbonyl (C=O) groups excluding carboxylic acids is 2. The van der Waals surface area contributed by atoms with Crippen molar-refractivity contribution in [2.24, 2.45) is 10.5 Å². The number of ether oxygens (including phenoxy) is 5. The van der Waals surface area contributed by atoms with Crippen LogP contribution < -0.4 is 29.1 Å². The zero-order chi connectivity index (χ0) is 33.4. The standard InChI is InChI=1S/C33H39N3O9/c1-32(2,3)20-33(4,5)23-12-13-26(25(17-23)36(39)40)44-19-29(37)35-34-18-21-10-9-11-24(14-21)45-31(38)22-15-27(41-6)30(43-8)28(16-22)42-7/h9-18H,19-20H2,1-8H3,(H,35,37)/b34-18+. The Morgan fingerprint density at radius 2 is 1.58 bits per heavy atom. The van der Waals surface area contributed by atoms with Crippen molar-refractivity contribution < 1.29 is 38.2 Å². The summed E-state index contributed by atoms with van der Waals surface area (Å²) < 4.78 is 26.8. The maximum absolute atomic E-state index is 12.8. The SMILES string of the molecule is COc1cc(C(=O)Oc2cccc(/C=N/NC(=O)COc3ccc(C(C)(C)CC(C)(C)C)cc3[N+](=O)[O-])c2)cc(OC)c1OC. The number of nitrogens with zero attached hydrogens (tertiary/aromatic N) is 2. The van der Waals surface area contributed by atoms with Crippen molar-refractivity contribution in [3.8, 4) is 28.7 Å². The van der Waals surface area contributed by atoms with Gasteiger partial charge in [-0.1, -0.05) is 52.8 Å². The zero-order valence-electron chi connectivity index (χ0n) is 26.8. The Morgan fingerprint density at radius 1 is 0.911 bits per heavy atom. The number of hydrogen-bond donors (Lipinski definition) is 1. The van der Waals surface area contributed by atoms with Crippen molar-refractivity contribution in [3.63, 3.8) is 0 Å². The summed E-state index contributed by atoms with van der Waals surface area (Å²) >= 11 is 0. The molecule has 45 heavy (non-hydrogen) atoms. The summed E-state index contributed by atoms with van der Waals surface area (Å²) in [4.78, 5) is 36.4. The smallest absolute Gasteiger partial charge is 0.343 e. The van der Waals surface area contributed by atoms with E-state index in [1.54, 1.807) is 30.3 Å². The molecule has 0 aromatic heterocycles. The average molecular weight is 622 g/mol. The predicted octanol–water partition coefficient (Wildman–Crippen LogP) is 6.08. The van der Waals surface area contributed by atoms with Crippen LogP contribution in [0.5, 0.6) is 28.7 Å². The van der Waals surface area contributed by atoms with Gasteiger partial charge in [-0.05, 0) is 58.7 Å². The molecule has 0 spiro atoms. The quantitative estimate of drug-likeness (QED) is 0.0788. The van der Waals surface area contributed by atoms with E-state index in [4.69, 9.17) is 23.7 Å². The fourth-order valence-electron chi connectivity index (χ4n) is 5.01. The van der Waals surface area contributed by atoms with Gasteiger partial charge in [-0.15, -0.1) is 0 Å². The van der Waals surface area contributed by atoms with Gasteiger partial charge in [0.05, 0.1) is 38.0 Å². The van der Waals surface area contributed by atoms with Crippen LogP contribution >= 0.6 is 0 Å². The van der Waals surface area contributed by atoms with Crippen LogP contribution in [0.4, 0.5) is 5.69 Å². The first-order chi connectivity index (χ1) is 21.2. The first-order valence-electron chi connectivity index (χ1n) is 14.0. The van der Waals surface area contributed by atoms with Crippen LogP contribution in [0, 0.1) is 15.5 Å². The van der Waals surface area contributed by atoms with E-state index in [9.17, 15) is 19.7 Å². The van der Waals surface area contributed by atoms with Crippen molar-refractivity contribution in [3.05, 3.63) is 81.4 Å². The molecule has 0 atom stereocenters. The van der Waals surface area contributed by atoms with Crippen LogP contribution in [0.25, 0.3) is 0 Å². The van der Waals surface area contributed by atoms with Gasteiger partial charge in [0.2, 0.25) is 5.75 Å². The second kappa shape index (κ2) is 14.6. The number of esters is 1. The molecule has 0 saturated carbocycles. The molecule has 12 nitrogen and oxygen atoms in total. The number of methoxy groups -OCH3 is 3. The van der Waals surface area contributed by atoms with E-state index in [0.29, 0.717) is 22.8 Å². The number of amides is 1. The molecule has 0 saturated heterocycles. The molecule has 1 amide bonds. The fraction of sp³-hybridized carbons (Fsp3) is 0.364. The highest BCUT2D eigenvalue weighted by atomic mass is 16.6. The molecule has 0 bridgehead atoms. The van der Waals surface area contributed by atoms with Crippen molar-refractivity contribution in [2.45, 2.75) is 46.5 Å². The maximum Gasteiger partial charge on any atom is 0.343 e. The summed E-state index contributed by atoms with van der Waals surface area (Å²) in [6.07, 6.45) is 2.17. The second-order valence-corrected chi connectivity index (χ2v) is 12.0. The van der Waals surface area contributed by atoms with Gasteiger partial charge in [0.15, 0.2) is 23.9 Å². The lowest BCUT2D eigenvalue weighted by atomic mass is 9.72. The third-order valence-corrected chi connectivity index (χ3v) is 6.64. The Kier molecular flexibility index (Phi) is 11.1. The van der Waals surface area contributed by atoms with E-state index in [0.717, 1.165) is 12.0 Å². The van der Waals surface area contributed by atoms with Crippen LogP contribution in [0.15, 0.2) is 59.7 Å². The lowest BCUT2D eigenvalue weighted by Gasteiger charge is -2.33. The van der Waals surface area contributed by atoms with Gasteiger partial charge < -0.3 is 23.7 Å². The van der Waals surface area contributed by atoms with E-state index in [2.05, 4.69) is 31.3 Å². The molecule has 3 rings (SSSR count). The molecular weight excluding hydrogens is 582 g/mol. The van der Waals surface area contributed by atoms with Crippen LogP contribution in [0.1, 0.15) is 62.5 Å². The molecule has 12 heteroatoms. The number of rotatable bonds is 13. The third kappa shape index (κ3) is 9.43. The number of hydrazone groups is 1. The predicted molar refractivity (Wildman–Crippen MR) is 169 cm³/mol. The lowest BCUT2D eigenvalue weighted by Crippen LogP contribution is -2.26. The van der Waals surface area contributed by atoms with Crippen molar-refractivity contribution in [1.29, 1.82) is 0 Å². The summed E-state index contributed by atoms with van der Waals surface area (Å²) in [6, 6.07) is 14.2. The number of benzene rings is 3. The molecule has 0 fully saturated rings. The number of hydrogen-bond acceptors (Lipinski definition) is 10. The Morgan fingerprint density at radius 3 is 2.16 bits per heavy atom. The second-order valence-electron chi connectivity index (χ2n) is 12.0. The molecule has 3 aromatic rings. The van der Waals surface area contributed by atoms with Gasteiger partial charge in [-0.2, -0.15) is 5.10 Å². The number of carbonyl (C=O) groups is 2. The molecule has 0 heterocycles. The molecule has 0 radical (unpaired) electrons. The first kappa shape index (κ1) is 34.4. The van der Waals surface area contributed by atoms with Gasteiger partial charge >= 0.3 is 11.7 Å². The molecule has 0 aliphatic carbocycles. The van der Waals surface area contributed by atoms with Crippen LogP contribution in [0.3, 0.4) is 0 Å². The Bertz CT molecular complexity index is 1550. The minimum atomic E-state index is -0.659. The summed E-state index contributed by atoms with van der Waals surface area (Å²) in [7, 11) is 4.34. The van der Waals surface area contributed by atoms with E-state index in [1.807, 2.05) is 13.8 Å². The number of nitro groups is 1. The summed E-state index contributed by atoms with van der Waals surface area (Å²) in [5, 5.41) is 15.7. The Hall–Kier alpha value is -5.13. The Balaban J connectivity index is 1.62. The number of nitro benzene ring substituents is 1. The van der Waals surface area contributed by atoms with E-state index < -0.39 is 23.4 Å². The van der Waals surface area contributed by atoms with E-state index >= 15 is 0 Å². The monoisotopic (exact) mass is 621 g/mol. The zero-order valence-corrected chi connectivity index (χ0v) is 26.8. The lowest BCUT2D eigenvalue weighted by molar-refractivity contribution is -0.385.